The molecule has 0 bridgehead atoms. The van der Waals surface area contributed by atoms with Gasteiger partial charge in [-0.2, -0.15) is 5.10 Å². The Morgan fingerprint density at radius 3 is 2.56 bits per heavy atom. The van der Waals surface area contributed by atoms with Gasteiger partial charge in [0.25, 0.3) is 5.91 Å². The molecule has 2 aromatic heterocycles. The molecule has 0 radical (unpaired) electrons. The van der Waals surface area contributed by atoms with E-state index < -0.39 is 5.54 Å². The van der Waals surface area contributed by atoms with Crippen LogP contribution in [-0.2, 0) is 24.4 Å². The lowest BCUT2D eigenvalue weighted by molar-refractivity contribution is -0.133. The third kappa shape index (κ3) is 3.98. The first-order valence-electron chi connectivity index (χ1n) is 10.9. The van der Waals surface area contributed by atoms with Crippen molar-refractivity contribution in [2.75, 3.05) is 0 Å². The van der Waals surface area contributed by atoms with E-state index in [1.807, 2.05) is 30.3 Å². The Morgan fingerprint density at radius 2 is 1.85 bits per heavy atom. The van der Waals surface area contributed by atoms with Gasteiger partial charge >= 0.3 is 0 Å². The number of aromatic nitrogens is 2. The molecule has 172 valence electrons. The molecule has 7 nitrogen and oxygen atoms in total. The van der Waals surface area contributed by atoms with E-state index in [-0.39, 0.29) is 37.3 Å². The second kappa shape index (κ2) is 8.62. The molecule has 3 heterocycles. The molecule has 0 spiro atoms. The van der Waals surface area contributed by atoms with Crippen molar-refractivity contribution in [1.82, 2.24) is 20.0 Å². The van der Waals surface area contributed by atoms with Crippen molar-refractivity contribution in [2.45, 2.75) is 32.1 Å². The number of carbonyl (C=O) groups excluding carboxylic acids is 2. The van der Waals surface area contributed by atoms with Gasteiger partial charge in [0.05, 0.1) is 12.8 Å². The van der Waals surface area contributed by atoms with Gasteiger partial charge in [0.15, 0.2) is 5.76 Å². The minimum Gasteiger partial charge on any atom is -0.463 e. The van der Waals surface area contributed by atoms with Crippen molar-refractivity contribution >= 4 is 11.8 Å². The SMILES string of the molecule is CC1(C(=O)NCc2ccc(F)cc2)Cn2nc(-c3ccco3)cc2C(=O)N1Cc1ccccc1. The summed E-state index contributed by atoms with van der Waals surface area (Å²) in [6.45, 7) is 2.40. The zero-order valence-corrected chi connectivity index (χ0v) is 18.6. The predicted molar refractivity (Wildman–Crippen MR) is 123 cm³/mol. The maximum absolute atomic E-state index is 13.6. The number of benzene rings is 2. The van der Waals surface area contributed by atoms with Gasteiger partial charge in [-0.15, -0.1) is 0 Å². The number of halogens is 1. The Labute approximate surface area is 195 Å². The highest BCUT2D eigenvalue weighted by molar-refractivity contribution is 6.00. The molecule has 34 heavy (non-hydrogen) atoms. The smallest absolute Gasteiger partial charge is 0.273 e. The number of furan rings is 1. The molecule has 2 aromatic carbocycles. The average molecular weight is 458 g/mol. The topological polar surface area (TPSA) is 80.4 Å². The number of carbonyl (C=O) groups is 2. The summed E-state index contributed by atoms with van der Waals surface area (Å²) in [4.78, 5) is 28.8. The zero-order valence-electron chi connectivity index (χ0n) is 18.6. The molecular formula is C26H23FN4O3. The third-order valence-electron chi connectivity index (χ3n) is 6.11. The monoisotopic (exact) mass is 458 g/mol. The first-order valence-corrected chi connectivity index (χ1v) is 10.9. The van der Waals surface area contributed by atoms with Crippen LogP contribution in [0.15, 0.2) is 83.5 Å². The Hall–Kier alpha value is -4.20. The van der Waals surface area contributed by atoms with Crippen LogP contribution < -0.4 is 5.32 Å². The number of hydrogen-bond acceptors (Lipinski definition) is 4. The van der Waals surface area contributed by atoms with E-state index in [9.17, 15) is 14.0 Å². The maximum Gasteiger partial charge on any atom is 0.273 e. The summed E-state index contributed by atoms with van der Waals surface area (Å²) in [6, 6.07) is 20.7. The summed E-state index contributed by atoms with van der Waals surface area (Å²) in [7, 11) is 0. The molecule has 0 fully saturated rings. The van der Waals surface area contributed by atoms with Crippen molar-refractivity contribution in [3.63, 3.8) is 0 Å². The van der Waals surface area contributed by atoms with Crippen molar-refractivity contribution in [2.24, 2.45) is 0 Å². The van der Waals surface area contributed by atoms with Gasteiger partial charge in [-0.25, -0.2) is 4.39 Å². The highest BCUT2D eigenvalue weighted by atomic mass is 19.1. The second-order valence-electron chi connectivity index (χ2n) is 8.51. The average Bonchev–Trinajstić information content (AvgIpc) is 3.52. The highest BCUT2D eigenvalue weighted by Crippen LogP contribution is 2.31. The molecule has 1 aliphatic rings. The molecule has 0 aliphatic carbocycles. The molecule has 1 unspecified atom stereocenters. The van der Waals surface area contributed by atoms with Crippen LogP contribution in [0.5, 0.6) is 0 Å². The molecule has 8 heteroatoms. The fraction of sp³-hybridized carbons (Fsp3) is 0.192. The molecule has 0 saturated heterocycles. The number of fused-ring (bicyclic) bond motifs is 1. The van der Waals surface area contributed by atoms with Crippen LogP contribution >= 0.6 is 0 Å². The van der Waals surface area contributed by atoms with Gasteiger partial charge in [0.2, 0.25) is 5.91 Å². The van der Waals surface area contributed by atoms with E-state index in [1.54, 1.807) is 53.1 Å². The molecule has 4 aromatic rings. The first-order chi connectivity index (χ1) is 16.4. The Bertz CT molecular complexity index is 1320. The third-order valence-corrected chi connectivity index (χ3v) is 6.11. The minimum atomic E-state index is -1.20. The van der Waals surface area contributed by atoms with Crippen LogP contribution in [0, 0.1) is 5.82 Å². The fourth-order valence-electron chi connectivity index (χ4n) is 4.18. The second-order valence-corrected chi connectivity index (χ2v) is 8.51. The van der Waals surface area contributed by atoms with Crippen LogP contribution in [0.2, 0.25) is 0 Å². The maximum atomic E-state index is 13.6. The van der Waals surface area contributed by atoms with Crippen molar-refractivity contribution < 1.29 is 18.4 Å². The Kier molecular flexibility index (Phi) is 5.49. The molecule has 1 aliphatic heterocycles. The van der Waals surface area contributed by atoms with E-state index in [2.05, 4.69) is 10.4 Å². The van der Waals surface area contributed by atoms with Gasteiger partial charge in [0, 0.05) is 19.2 Å². The van der Waals surface area contributed by atoms with Crippen LogP contribution in [0.1, 0.15) is 28.5 Å². The van der Waals surface area contributed by atoms with Gasteiger partial charge in [0.1, 0.15) is 22.7 Å². The highest BCUT2D eigenvalue weighted by Gasteiger charge is 2.48. The first kappa shape index (κ1) is 21.6. The van der Waals surface area contributed by atoms with Gasteiger partial charge in [-0.05, 0) is 42.3 Å². The van der Waals surface area contributed by atoms with Gasteiger partial charge in [-0.1, -0.05) is 42.5 Å². The molecule has 0 saturated carbocycles. The summed E-state index contributed by atoms with van der Waals surface area (Å²) >= 11 is 0. The minimum absolute atomic E-state index is 0.177. The molecule has 2 amide bonds. The lowest BCUT2D eigenvalue weighted by Gasteiger charge is -2.43. The zero-order chi connectivity index (χ0) is 23.7. The molecule has 1 N–H and O–H groups in total. The Morgan fingerprint density at radius 1 is 1.09 bits per heavy atom. The van der Waals surface area contributed by atoms with Gasteiger partial charge < -0.3 is 14.6 Å². The molecule has 5 rings (SSSR count). The van der Waals surface area contributed by atoms with Crippen LogP contribution in [0.4, 0.5) is 4.39 Å². The lowest BCUT2D eigenvalue weighted by atomic mass is 9.94. The molecular weight excluding hydrogens is 435 g/mol. The summed E-state index contributed by atoms with van der Waals surface area (Å²) in [5.41, 5.74) is 1.39. The predicted octanol–water partition coefficient (Wildman–Crippen LogP) is 4.01. The number of amides is 2. The largest absolute Gasteiger partial charge is 0.463 e. The van der Waals surface area contributed by atoms with Crippen molar-refractivity contribution in [3.8, 4) is 11.5 Å². The number of nitrogens with zero attached hydrogens (tertiary/aromatic N) is 3. The number of hydrogen-bond donors (Lipinski definition) is 1. The summed E-state index contributed by atoms with van der Waals surface area (Å²) in [5, 5.41) is 7.46. The summed E-state index contributed by atoms with van der Waals surface area (Å²) in [6.07, 6.45) is 1.55. The standard InChI is InChI=1S/C26H23FN4O3/c1-26(25(33)28-15-18-9-11-20(27)12-10-18)17-31-22(14-21(29-31)23-8-5-13-34-23)24(32)30(26)16-19-6-3-2-4-7-19/h2-14H,15-17H2,1H3,(H,28,33). The number of rotatable bonds is 6. The quantitative estimate of drug-likeness (QED) is 0.473. The summed E-state index contributed by atoms with van der Waals surface area (Å²) in [5.74, 6) is -0.402. The summed E-state index contributed by atoms with van der Waals surface area (Å²) < 4.78 is 20.2. The fourth-order valence-corrected chi connectivity index (χ4v) is 4.18. The normalized spacial score (nSPS) is 17.5. The van der Waals surface area contributed by atoms with Crippen LogP contribution in [0.3, 0.4) is 0 Å². The van der Waals surface area contributed by atoms with Crippen LogP contribution in [0.25, 0.3) is 11.5 Å². The van der Waals surface area contributed by atoms with E-state index in [1.165, 1.54) is 12.1 Å². The Balaban J connectivity index is 1.47. The van der Waals surface area contributed by atoms with E-state index in [0.717, 1.165) is 11.1 Å². The van der Waals surface area contributed by atoms with E-state index >= 15 is 0 Å². The van der Waals surface area contributed by atoms with Crippen molar-refractivity contribution in [1.29, 1.82) is 0 Å². The van der Waals surface area contributed by atoms with E-state index in [0.29, 0.717) is 17.1 Å². The molecule has 1 atom stereocenters. The van der Waals surface area contributed by atoms with E-state index in [4.69, 9.17) is 4.42 Å². The van der Waals surface area contributed by atoms with Gasteiger partial charge in [-0.3, -0.25) is 14.3 Å². The lowest BCUT2D eigenvalue weighted by Crippen LogP contribution is -2.63. The van der Waals surface area contributed by atoms with Crippen molar-refractivity contribution in [3.05, 3.63) is 102 Å². The number of nitrogens with one attached hydrogen (secondary N) is 1. The van der Waals surface area contributed by atoms with Crippen LogP contribution in [-0.4, -0.2) is 32.0 Å².